The number of fused-ring (bicyclic) bond motifs is 1. The van der Waals surface area contributed by atoms with Gasteiger partial charge in [0.25, 0.3) is 5.91 Å². The molecular weight excluding hydrogens is 376 g/mol. The van der Waals surface area contributed by atoms with E-state index in [9.17, 15) is 4.79 Å². The van der Waals surface area contributed by atoms with Gasteiger partial charge in [-0.25, -0.2) is 5.43 Å². The number of hydrogen-bond donors (Lipinski definition) is 1. The summed E-state index contributed by atoms with van der Waals surface area (Å²) in [5.41, 5.74) is 4.32. The minimum absolute atomic E-state index is 0.125. The van der Waals surface area contributed by atoms with Crippen molar-refractivity contribution in [3.63, 3.8) is 0 Å². The van der Waals surface area contributed by atoms with E-state index in [1.807, 2.05) is 31.2 Å². The van der Waals surface area contributed by atoms with Gasteiger partial charge in [-0.3, -0.25) is 4.79 Å². The molecule has 0 atom stereocenters. The average Bonchev–Trinajstić information content (AvgIpc) is 3.02. The Morgan fingerprint density at radius 1 is 1.29 bits per heavy atom. The predicted octanol–water partition coefficient (Wildman–Crippen LogP) is 3.02. The van der Waals surface area contributed by atoms with Crippen LogP contribution in [0.25, 0.3) is 0 Å². The number of hydrogen-bond acceptors (Lipinski definition) is 5. The van der Waals surface area contributed by atoms with Gasteiger partial charge in [0.2, 0.25) is 6.79 Å². The average molecular weight is 391 g/mol. The molecule has 0 unspecified atom stereocenters. The third-order valence-corrected chi connectivity index (χ3v) is 3.87. The first-order chi connectivity index (χ1) is 11.6. The molecule has 124 valence electrons. The van der Waals surface area contributed by atoms with Crippen molar-refractivity contribution in [3.05, 3.63) is 52.0 Å². The highest BCUT2D eigenvalue weighted by Crippen LogP contribution is 2.32. The lowest BCUT2D eigenvalue weighted by Gasteiger charge is -2.07. The quantitative estimate of drug-likeness (QED) is 0.629. The molecule has 1 aliphatic heterocycles. The van der Waals surface area contributed by atoms with E-state index < -0.39 is 0 Å². The summed E-state index contributed by atoms with van der Waals surface area (Å²) in [6.45, 7) is 2.07. The molecule has 1 N–H and O–H groups in total. The number of amides is 1. The first-order valence-electron chi connectivity index (χ1n) is 7.22. The fourth-order valence-corrected chi connectivity index (χ4v) is 2.68. The van der Waals surface area contributed by atoms with Crippen LogP contribution in [0, 0.1) is 6.92 Å². The van der Waals surface area contributed by atoms with Gasteiger partial charge in [0, 0.05) is 0 Å². The first kappa shape index (κ1) is 16.3. The molecule has 0 spiro atoms. The third-order valence-electron chi connectivity index (χ3n) is 3.25. The van der Waals surface area contributed by atoms with Crippen LogP contribution in [-0.4, -0.2) is 25.5 Å². The van der Waals surface area contributed by atoms with Crippen LogP contribution in [0.2, 0.25) is 0 Å². The van der Waals surface area contributed by atoms with Crippen LogP contribution in [0.4, 0.5) is 0 Å². The van der Waals surface area contributed by atoms with E-state index in [-0.39, 0.29) is 19.3 Å². The Kier molecular flexibility index (Phi) is 5.00. The van der Waals surface area contributed by atoms with E-state index in [0.29, 0.717) is 17.2 Å². The van der Waals surface area contributed by atoms with Crippen molar-refractivity contribution >= 4 is 28.1 Å². The monoisotopic (exact) mass is 390 g/mol. The Balaban J connectivity index is 1.50. The number of aryl methyl sites for hydroxylation is 1. The van der Waals surface area contributed by atoms with Crippen LogP contribution in [0.5, 0.6) is 17.2 Å². The van der Waals surface area contributed by atoms with Crippen LogP contribution < -0.4 is 19.6 Å². The zero-order valence-corrected chi connectivity index (χ0v) is 14.5. The number of nitrogens with zero attached hydrogens (tertiary/aromatic N) is 1. The molecule has 1 amide bonds. The molecule has 0 saturated carbocycles. The lowest BCUT2D eigenvalue weighted by Crippen LogP contribution is -2.24. The highest BCUT2D eigenvalue weighted by molar-refractivity contribution is 9.10. The van der Waals surface area contributed by atoms with E-state index in [1.165, 1.54) is 6.21 Å². The topological polar surface area (TPSA) is 69.2 Å². The number of halogens is 1. The molecule has 1 heterocycles. The third kappa shape index (κ3) is 4.05. The number of ether oxygens (including phenoxy) is 3. The molecule has 2 aromatic rings. The van der Waals surface area contributed by atoms with Crippen molar-refractivity contribution < 1.29 is 19.0 Å². The second-order valence-electron chi connectivity index (χ2n) is 5.13. The summed E-state index contributed by atoms with van der Waals surface area (Å²) in [7, 11) is 0. The molecule has 0 fully saturated rings. The van der Waals surface area contributed by atoms with Gasteiger partial charge in [-0.15, -0.1) is 0 Å². The van der Waals surface area contributed by atoms with Gasteiger partial charge in [0.05, 0.1) is 10.7 Å². The van der Waals surface area contributed by atoms with Crippen LogP contribution in [0.15, 0.2) is 46.0 Å². The van der Waals surface area contributed by atoms with Crippen LogP contribution >= 0.6 is 15.9 Å². The molecule has 6 nitrogen and oxygen atoms in total. The lowest BCUT2D eigenvalue weighted by molar-refractivity contribution is -0.123. The van der Waals surface area contributed by atoms with Crippen molar-refractivity contribution in [1.29, 1.82) is 0 Å². The summed E-state index contributed by atoms with van der Waals surface area (Å²) in [5, 5.41) is 3.90. The summed E-state index contributed by atoms with van der Waals surface area (Å²) in [5.74, 6) is 1.63. The van der Waals surface area contributed by atoms with Crippen molar-refractivity contribution in [3.8, 4) is 17.2 Å². The lowest BCUT2D eigenvalue weighted by atomic mass is 10.2. The van der Waals surface area contributed by atoms with Crippen molar-refractivity contribution in [2.75, 3.05) is 13.4 Å². The highest BCUT2D eigenvalue weighted by atomic mass is 79.9. The number of hydrazone groups is 1. The zero-order chi connectivity index (χ0) is 16.9. The summed E-state index contributed by atoms with van der Waals surface area (Å²) in [4.78, 5) is 11.8. The molecular formula is C17H15BrN2O4. The zero-order valence-electron chi connectivity index (χ0n) is 12.9. The maximum Gasteiger partial charge on any atom is 0.277 e. The van der Waals surface area contributed by atoms with Gasteiger partial charge in [-0.2, -0.15) is 5.10 Å². The van der Waals surface area contributed by atoms with Crippen molar-refractivity contribution in [2.24, 2.45) is 5.10 Å². The van der Waals surface area contributed by atoms with Crippen molar-refractivity contribution in [1.82, 2.24) is 5.43 Å². The van der Waals surface area contributed by atoms with Gasteiger partial charge < -0.3 is 14.2 Å². The molecule has 1 aliphatic rings. The van der Waals surface area contributed by atoms with Gasteiger partial charge in [0.1, 0.15) is 5.75 Å². The minimum atomic E-state index is -0.348. The minimum Gasteiger partial charge on any atom is -0.483 e. The van der Waals surface area contributed by atoms with E-state index in [2.05, 4.69) is 26.5 Å². The first-order valence-corrected chi connectivity index (χ1v) is 8.01. The summed E-state index contributed by atoms with van der Waals surface area (Å²) >= 11 is 3.40. The van der Waals surface area contributed by atoms with Gasteiger partial charge in [-0.1, -0.05) is 6.07 Å². The molecule has 0 saturated heterocycles. The molecule has 0 aliphatic carbocycles. The smallest absolute Gasteiger partial charge is 0.277 e. The maximum absolute atomic E-state index is 11.8. The Morgan fingerprint density at radius 2 is 2.12 bits per heavy atom. The highest BCUT2D eigenvalue weighted by Gasteiger charge is 2.12. The van der Waals surface area contributed by atoms with Gasteiger partial charge in [0.15, 0.2) is 18.1 Å². The fraction of sp³-hybridized carbons (Fsp3) is 0.176. The standard InChI is InChI=1S/C17H15BrN2O4/c1-11-2-4-14(13(18)6-11)22-9-17(21)20-19-8-12-3-5-15-16(7-12)24-10-23-15/h2-8H,9-10H2,1H3,(H,20,21). The number of nitrogens with one attached hydrogen (secondary N) is 1. The molecule has 2 aromatic carbocycles. The van der Waals surface area contributed by atoms with E-state index >= 15 is 0 Å². The summed E-state index contributed by atoms with van der Waals surface area (Å²) in [6.07, 6.45) is 1.53. The predicted molar refractivity (Wildman–Crippen MR) is 92.7 cm³/mol. The molecule has 0 radical (unpaired) electrons. The fourth-order valence-electron chi connectivity index (χ4n) is 2.07. The van der Waals surface area contributed by atoms with Gasteiger partial charge in [-0.05, 0) is 64.3 Å². The molecule has 7 heteroatoms. The van der Waals surface area contributed by atoms with Crippen LogP contribution in [0.3, 0.4) is 0 Å². The molecule has 3 rings (SSSR count). The maximum atomic E-state index is 11.8. The second-order valence-corrected chi connectivity index (χ2v) is 5.98. The number of carbonyl (C=O) groups excluding carboxylic acids is 1. The van der Waals surface area contributed by atoms with E-state index in [4.69, 9.17) is 14.2 Å². The molecule has 0 aromatic heterocycles. The van der Waals surface area contributed by atoms with Crippen LogP contribution in [-0.2, 0) is 4.79 Å². The van der Waals surface area contributed by atoms with E-state index in [1.54, 1.807) is 12.1 Å². The molecule has 0 bridgehead atoms. The largest absolute Gasteiger partial charge is 0.483 e. The SMILES string of the molecule is Cc1ccc(OCC(=O)NN=Cc2ccc3c(c2)OCO3)c(Br)c1. The Labute approximate surface area is 147 Å². The summed E-state index contributed by atoms with van der Waals surface area (Å²) in [6, 6.07) is 11.0. The molecule has 24 heavy (non-hydrogen) atoms. The van der Waals surface area contributed by atoms with Gasteiger partial charge >= 0.3 is 0 Å². The second kappa shape index (κ2) is 7.35. The Hall–Kier alpha value is -2.54. The Morgan fingerprint density at radius 3 is 2.96 bits per heavy atom. The Bertz CT molecular complexity index is 792. The normalized spacial score (nSPS) is 12.4. The number of benzene rings is 2. The van der Waals surface area contributed by atoms with Crippen molar-refractivity contribution in [2.45, 2.75) is 6.92 Å². The summed E-state index contributed by atoms with van der Waals surface area (Å²) < 4.78 is 16.8. The number of rotatable bonds is 5. The van der Waals surface area contributed by atoms with E-state index in [0.717, 1.165) is 15.6 Å². The van der Waals surface area contributed by atoms with Crippen LogP contribution in [0.1, 0.15) is 11.1 Å². The number of carbonyl (C=O) groups is 1.